The number of benzene rings is 1. The highest BCUT2D eigenvalue weighted by molar-refractivity contribution is 7.08. The fourth-order valence-electron chi connectivity index (χ4n) is 1.48. The zero-order chi connectivity index (χ0) is 10.9. The predicted molar refractivity (Wildman–Crippen MR) is 59.4 cm³/mol. The van der Waals surface area contributed by atoms with Crippen molar-refractivity contribution in [3.8, 4) is 0 Å². The molecule has 0 radical (unpaired) electrons. The molecule has 15 heavy (non-hydrogen) atoms. The smallest absolute Gasteiger partial charge is 0.123 e. The summed E-state index contributed by atoms with van der Waals surface area (Å²) in [5, 5.41) is 14.1. The number of hydrogen-bond donors (Lipinski definition) is 1. The minimum Gasteiger partial charge on any atom is -0.381 e. The average molecular weight is 222 g/mol. The minimum atomic E-state index is -1.05. The largest absolute Gasteiger partial charge is 0.381 e. The van der Waals surface area contributed by atoms with Crippen LogP contribution in [0.1, 0.15) is 18.1 Å². The van der Waals surface area contributed by atoms with Gasteiger partial charge in [-0.3, -0.25) is 0 Å². The zero-order valence-electron chi connectivity index (χ0n) is 8.27. The fourth-order valence-corrected chi connectivity index (χ4v) is 2.24. The van der Waals surface area contributed by atoms with Gasteiger partial charge in [0.15, 0.2) is 0 Å². The van der Waals surface area contributed by atoms with Crippen molar-refractivity contribution in [2.24, 2.45) is 0 Å². The molecule has 1 unspecified atom stereocenters. The number of hydrogen-bond acceptors (Lipinski definition) is 2. The van der Waals surface area contributed by atoms with Crippen molar-refractivity contribution in [3.63, 3.8) is 0 Å². The van der Waals surface area contributed by atoms with E-state index in [-0.39, 0.29) is 5.82 Å². The van der Waals surface area contributed by atoms with Gasteiger partial charge in [0.2, 0.25) is 0 Å². The second-order valence-corrected chi connectivity index (χ2v) is 4.37. The van der Waals surface area contributed by atoms with E-state index in [9.17, 15) is 9.50 Å². The first-order valence-corrected chi connectivity index (χ1v) is 5.56. The molecule has 1 aromatic carbocycles. The summed E-state index contributed by atoms with van der Waals surface area (Å²) in [6.45, 7) is 1.71. The van der Waals surface area contributed by atoms with Gasteiger partial charge >= 0.3 is 0 Å². The average Bonchev–Trinajstić information content (AvgIpc) is 2.71. The molecule has 78 valence electrons. The van der Waals surface area contributed by atoms with Gasteiger partial charge in [0, 0.05) is 0 Å². The molecule has 1 aromatic heterocycles. The molecule has 2 rings (SSSR count). The monoisotopic (exact) mass is 222 g/mol. The summed E-state index contributed by atoms with van der Waals surface area (Å²) >= 11 is 1.53. The zero-order valence-corrected chi connectivity index (χ0v) is 9.09. The molecule has 1 nitrogen and oxygen atoms in total. The van der Waals surface area contributed by atoms with E-state index in [4.69, 9.17) is 0 Å². The van der Waals surface area contributed by atoms with Crippen LogP contribution >= 0.6 is 11.3 Å². The molecule has 2 aromatic rings. The summed E-state index contributed by atoms with van der Waals surface area (Å²) < 4.78 is 12.7. The van der Waals surface area contributed by atoms with Crippen LogP contribution in [-0.4, -0.2) is 5.11 Å². The van der Waals surface area contributed by atoms with Gasteiger partial charge in [-0.15, -0.1) is 0 Å². The lowest BCUT2D eigenvalue weighted by molar-refractivity contribution is 0.103. The third kappa shape index (κ3) is 1.94. The molecular weight excluding hydrogens is 211 g/mol. The maximum Gasteiger partial charge on any atom is 0.123 e. The van der Waals surface area contributed by atoms with Gasteiger partial charge in [0.25, 0.3) is 0 Å². The van der Waals surface area contributed by atoms with Gasteiger partial charge in [0.05, 0.1) is 0 Å². The lowest BCUT2D eigenvalue weighted by atomic mass is 9.90. The molecule has 0 saturated heterocycles. The van der Waals surface area contributed by atoms with Crippen LogP contribution in [0, 0.1) is 5.82 Å². The molecular formula is C12H11FOS. The van der Waals surface area contributed by atoms with Crippen molar-refractivity contribution in [3.05, 3.63) is 58.0 Å². The summed E-state index contributed by atoms with van der Waals surface area (Å²) in [5.41, 5.74) is 0.481. The van der Waals surface area contributed by atoms with E-state index in [0.29, 0.717) is 5.56 Å². The van der Waals surface area contributed by atoms with Crippen molar-refractivity contribution >= 4 is 11.3 Å². The summed E-state index contributed by atoms with van der Waals surface area (Å²) in [6, 6.07) is 7.79. The highest BCUT2D eigenvalue weighted by Gasteiger charge is 2.25. The van der Waals surface area contributed by atoms with Gasteiger partial charge in [0.1, 0.15) is 11.4 Å². The van der Waals surface area contributed by atoms with Gasteiger partial charge in [-0.25, -0.2) is 4.39 Å². The van der Waals surface area contributed by atoms with Crippen LogP contribution in [0.3, 0.4) is 0 Å². The van der Waals surface area contributed by atoms with Gasteiger partial charge in [-0.1, -0.05) is 12.1 Å². The molecule has 0 saturated carbocycles. The Hall–Kier alpha value is -1.19. The Bertz CT molecular complexity index is 431. The van der Waals surface area contributed by atoms with E-state index < -0.39 is 5.60 Å². The second kappa shape index (κ2) is 3.76. The number of rotatable bonds is 2. The first-order chi connectivity index (χ1) is 7.10. The third-order valence-electron chi connectivity index (χ3n) is 2.49. The highest BCUT2D eigenvalue weighted by Crippen LogP contribution is 2.30. The molecule has 0 fully saturated rings. The molecule has 0 bridgehead atoms. The van der Waals surface area contributed by atoms with Crippen LogP contribution in [-0.2, 0) is 5.60 Å². The van der Waals surface area contributed by atoms with E-state index in [1.54, 1.807) is 19.1 Å². The van der Waals surface area contributed by atoms with Crippen molar-refractivity contribution in [2.75, 3.05) is 0 Å². The molecule has 1 N–H and O–H groups in total. The third-order valence-corrected chi connectivity index (χ3v) is 3.17. The molecule has 0 aliphatic carbocycles. The first kappa shape index (κ1) is 10.3. The standard InChI is InChI=1S/C12H11FOS/c1-12(14,10-6-7-15-8-10)9-2-4-11(13)5-3-9/h2-8,14H,1H3. The maximum atomic E-state index is 12.7. The summed E-state index contributed by atoms with van der Waals surface area (Å²) in [7, 11) is 0. The maximum absolute atomic E-state index is 12.7. The van der Waals surface area contributed by atoms with Crippen LogP contribution in [0.15, 0.2) is 41.1 Å². The van der Waals surface area contributed by atoms with E-state index in [0.717, 1.165) is 5.56 Å². The summed E-state index contributed by atoms with van der Waals surface area (Å²) in [4.78, 5) is 0. The van der Waals surface area contributed by atoms with Gasteiger partial charge < -0.3 is 5.11 Å². The van der Waals surface area contributed by atoms with Gasteiger partial charge in [-0.05, 0) is 47.0 Å². The molecule has 0 spiro atoms. The Labute approximate surface area is 91.8 Å². The molecule has 1 heterocycles. The topological polar surface area (TPSA) is 20.2 Å². The quantitative estimate of drug-likeness (QED) is 0.827. The number of thiophene rings is 1. The lowest BCUT2D eigenvalue weighted by Crippen LogP contribution is -2.21. The predicted octanol–water partition coefficient (Wildman–Crippen LogP) is 3.14. The van der Waals surface area contributed by atoms with Crippen LogP contribution in [0.2, 0.25) is 0 Å². The van der Waals surface area contributed by atoms with E-state index >= 15 is 0 Å². The van der Waals surface area contributed by atoms with E-state index in [1.165, 1.54) is 23.5 Å². The van der Waals surface area contributed by atoms with Crippen molar-refractivity contribution in [1.82, 2.24) is 0 Å². The summed E-state index contributed by atoms with van der Waals surface area (Å²) in [5.74, 6) is -0.292. The first-order valence-electron chi connectivity index (χ1n) is 4.62. The molecule has 3 heteroatoms. The Morgan fingerprint density at radius 1 is 1.13 bits per heavy atom. The van der Waals surface area contributed by atoms with Crippen LogP contribution < -0.4 is 0 Å². The van der Waals surface area contributed by atoms with Crippen molar-refractivity contribution in [2.45, 2.75) is 12.5 Å². The molecule has 0 aliphatic rings. The molecule has 1 atom stereocenters. The Morgan fingerprint density at radius 2 is 1.80 bits per heavy atom. The van der Waals surface area contributed by atoms with E-state index in [2.05, 4.69) is 0 Å². The van der Waals surface area contributed by atoms with Gasteiger partial charge in [-0.2, -0.15) is 11.3 Å². The molecule has 0 aliphatic heterocycles. The Morgan fingerprint density at radius 3 is 2.33 bits per heavy atom. The van der Waals surface area contributed by atoms with Crippen LogP contribution in [0.5, 0.6) is 0 Å². The normalized spacial score (nSPS) is 14.9. The Balaban J connectivity index is 2.41. The highest BCUT2D eigenvalue weighted by atomic mass is 32.1. The fraction of sp³-hybridized carbons (Fsp3) is 0.167. The Kier molecular flexibility index (Phi) is 2.59. The molecule has 0 amide bonds. The lowest BCUT2D eigenvalue weighted by Gasteiger charge is -2.22. The van der Waals surface area contributed by atoms with E-state index in [1.807, 2.05) is 16.8 Å². The number of halogens is 1. The van der Waals surface area contributed by atoms with Crippen molar-refractivity contribution < 1.29 is 9.50 Å². The second-order valence-electron chi connectivity index (χ2n) is 3.59. The van der Waals surface area contributed by atoms with Crippen LogP contribution in [0.25, 0.3) is 0 Å². The summed E-state index contributed by atoms with van der Waals surface area (Å²) in [6.07, 6.45) is 0. The number of aliphatic hydroxyl groups is 1. The SMILES string of the molecule is CC(O)(c1ccc(F)cc1)c1ccsc1. The van der Waals surface area contributed by atoms with Crippen LogP contribution in [0.4, 0.5) is 4.39 Å². The van der Waals surface area contributed by atoms with Crippen molar-refractivity contribution in [1.29, 1.82) is 0 Å². The minimum absolute atomic E-state index is 0.292.